The minimum absolute atomic E-state index is 0.115. The van der Waals surface area contributed by atoms with E-state index < -0.39 is 0 Å². The highest BCUT2D eigenvalue weighted by Crippen LogP contribution is 2.23. The Morgan fingerprint density at radius 1 is 0.821 bits per heavy atom. The quantitative estimate of drug-likeness (QED) is 0.491. The van der Waals surface area contributed by atoms with Crippen LogP contribution in [0.25, 0.3) is 21.5 Å². The molecule has 0 bridgehead atoms. The van der Waals surface area contributed by atoms with Crippen LogP contribution in [0.1, 0.15) is 0 Å². The molecule has 0 aliphatic rings. The number of hydrogen-bond donors (Lipinski definition) is 2. The van der Waals surface area contributed by atoms with Crippen LogP contribution in [-0.4, -0.2) is 17.6 Å². The second kappa shape index (κ2) is 8.06. The maximum Gasteiger partial charge on any atom is 0.264 e. The number of amides is 1. The molecule has 4 aromatic rings. The van der Waals surface area contributed by atoms with E-state index in [9.17, 15) is 4.79 Å². The number of hydrogen-bond acceptors (Lipinski definition) is 3. The van der Waals surface area contributed by atoms with Crippen LogP contribution in [0.3, 0.4) is 0 Å². The summed E-state index contributed by atoms with van der Waals surface area (Å²) in [6, 6.07) is 27.6. The van der Waals surface area contributed by atoms with Gasteiger partial charge in [-0.1, -0.05) is 66.7 Å². The number of fused-ring (bicyclic) bond motifs is 2. The molecular weight excluding hydrogens is 368 g/mol. The van der Waals surface area contributed by atoms with Crippen LogP contribution in [0, 0.1) is 0 Å². The summed E-state index contributed by atoms with van der Waals surface area (Å²) in [6.45, 7) is -0.115. The van der Waals surface area contributed by atoms with Gasteiger partial charge in [0.15, 0.2) is 11.7 Å². The van der Waals surface area contributed by atoms with Crippen molar-refractivity contribution in [3.05, 3.63) is 84.9 Å². The SMILES string of the molecule is O=C(COc1ccc2ccccc2c1)NC(=S)Nc1cccc2ccccc12. The molecule has 4 aromatic carbocycles. The highest BCUT2D eigenvalue weighted by atomic mass is 32.1. The molecule has 5 heteroatoms. The lowest BCUT2D eigenvalue weighted by atomic mass is 10.1. The van der Waals surface area contributed by atoms with Crippen LogP contribution in [0.4, 0.5) is 5.69 Å². The summed E-state index contributed by atoms with van der Waals surface area (Å²) in [4.78, 5) is 12.2. The zero-order chi connectivity index (χ0) is 19.3. The maximum absolute atomic E-state index is 12.2. The number of thiocarbonyl (C=S) groups is 1. The monoisotopic (exact) mass is 386 g/mol. The fraction of sp³-hybridized carbons (Fsp3) is 0.0435. The second-order valence-corrected chi connectivity index (χ2v) is 6.73. The number of benzene rings is 4. The minimum Gasteiger partial charge on any atom is -0.484 e. The van der Waals surface area contributed by atoms with Crippen molar-refractivity contribution in [1.82, 2.24) is 5.32 Å². The third-order valence-corrected chi connectivity index (χ3v) is 4.59. The highest BCUT2D eigenvalue weighted by molar-refractivity contribution is 7.80. The molecule has 0 aliphatic carbocycles. The molecule has 4 rings (SSSR count). The Bertz CT molecular complexity index is 1170. The van der Waals surface area contributed by atoms with Gasteiger partial charge in [0.05, 0.1) is 0 Å². The second-order valence-electron chi connectivity index (χ2n) is 6.33. The van der Waals surface area contributed by atoms with Crippen molar-refractivity contribution in [1.29, 1.82) is 0 Å². The van der Waals surface area contributed by atoms with Gasteiger partial charge < -0.3 is 10.1 Å². The van der Waals surface area contributed by atoms with Crippen molar-refractivity contribution in [2.45, 2.75) is 0 Å². The lowest BCUT2D eigenvalue weighted by Gasteiger charge is -2.12. The number of anilines is 1. The van der Waals surface area contributed by atoms with E-state index in [1.807, 2.05) is 84.9 Å². The lowest BCUT2D eigenvalue weighted by Crippen LogP contribution is -2.37. The Morgan fingerprint density at radius 2 is 1.54 bits per heavy atom. The fourth-order valence-corrected chi connectivity index (χ4v) is 3.28. The maximum atomic E-state index is 12.2. The highest BCUT2D eigenvalue weighted by Gasteiger charge is 2.08. The summed E-state index contributed by atoms with van der Waals surface area (Å²) >= 11 is 5.27. The predicted octanol–water partition coefficient (Wildman–Crippen LogP) is 4.89. The Kier molecular flexibility index (Phi) is 5.17. The van der Waals surface area contributed by atoms with Crippen LogP contribution < -0.4 is 15.4 Å². The molecule has 0 aliphatic heterocycles. The van der Waals surface area contributed by atoms with Gasteiger partial charge in [0.2, 0.25) is 0 Å². The average molecular weight is 386 g/mol. The number of carbonyl (C=O) groups excluding carboxylic acids is 1. The molecule has 2 N–H and O–H groups in total. The summed E-state index contributed by atoms with van der Waals surface area (Å²) in [5.74, 6) is 0.327. The van der Waals surface area contributed by atoms with Crippen molar-refractivity contribution in [2.75, 3.05) is 11.9 Å². The molecule has 0 fully saturated rings. The lowest BCUT2D eigenvalue weighted by molar-refractivity contribution is -0.121. The standard InChI is InChI=1S/C23H18N2O2S/c26-22(15-27-19-13-12-16-6-1-2-8-18(16)14-19)25-23(28)24-21-11-5-9-17-7-3-4-10-20(17)21/h1-14H,15H2,(H2,24,25,26,28). The van der Waals surface area contributed by atoms with Gasteiger partial charge in [0.25, 0.3) is 5.91 Å². The zero-order valence-electron chi connectivity index (χ0n) is 15.0. The molecule has 0 unspecified atom stereocenters. The first kappa shape index (κ1) is 17.9. The molecule has 0 aromatic heterocycles. The summed E-state index contributed by atoms with van der Waals surface area (Å²) in [7, 11) is 0. The van der Waals surface area contributed by atoms with E-state index in [1.165, 1.54) is 0 Å². The third-order valence-electron chi connectivity index (χ3n) is 4.38. The number of nitrogens with one attached hydrogen (secondary N) is 2. The molecule has 4 nitrogen and oxygen atoms in total. The summed E-state index contributed by atoms with van der Waals surface area (Å²) in [6.07, 6.45) is 0. The topological polar surface area (TPSA) is 50.4 Å². The van der Waals surface area contributed by atoms with Gasteiger partial charge in [0, 0.05) is 11.1 Å². The Morgan fingerprint density at radius 3 is 2.39 bits per heavy atom. The van der Waals surface area contributed by atoms with Crippen molar-refractivity contribution >= 4 is 50.5 Å². The first-order chi connectivity index (χ1) is 13.7. The smallest absolute Gasteiger partial charge is 0.264 e. The minimum atomic E-state index is -0.314. The number of carbonyl (C=O) groups is 1. The van der Waals surface area contributed by atoms with Crippen molar-refractivity contribution < 1.29 is 9.53 Å². The first-order valence-electron chi connectivity index (χ1n) is 8.89. The van der Waals surface area contributed by atoms with E-state index in [2.05, 4.69) is 10.6 Å². The van der Waals surface area contributed by atoms with E-state index in [0.29, 0.717) is 5.75 Å². The normalized spacial score (nSPS) is 10.6. The van der Waals surface area contributed by atoms with Gasteiger partial charge in [-0.25, -0.2) is 0 Å². The van der Waals surface area contributed by atoms with Crippen LogP contribution in [0.15, 0.2) is 84.9 Å². The van der Waals surface area contributed by atoms with Gasteiger partial charge in [0.1, 0.15) is 5.75 Å². The average Bonchev–Trinajstić information content (AvgIpc) is 2.72. The van der Waals surface area contributed by atoms with E-state index >= 15 is 0 Å². The fourth-order valence-electron chi connectivity index (χ4n) is 3.06. The molecule has 1 amide bonds. The van der Waals surface area contributed by atoms with Crippen molar-refractivity contribution in [2.24, 2.45) is 0 Å². The largest absolute Gasteiger partial charge is 0.484 e. The van der Waals surface area contributed by atoms with Crippen molar-refractivity contribution in [3.8, 4) is 5.75 Å². The molecule has 0 heterocycles. The molecule has 0 radical (unpaired) electrons. The Balaban J connectivity index is 1.35. The van der Waals surface area contributed by atoms with E-state index in [1.54, 1.807) is 0 Å². The number of rotatable bonds is 4. The summed E-state index contributed by atoms with van der Waals surface area (Å²) in [5.41, 5.74) is 0.846. The molecular formula is C23H18N2O2S. The van der Waals surface area contributed by atoms with Crippen molar-refractivity contribution in [3.63, 3.8) is 0 Å². The summed E-state index contributed by atoms with van der Waals surface area (Å²) < 4.78 is 5.60. The molecule has 0 saturated carbocycles. The predicted molar refractivity (Wildman–Crippen MR) is 118 cm³/mol. The van der Waals surface area contributed by atoms with Gasteiger partial charge in [-0.05, 0) is 46.6 Å². The Hall–Kier alpha value is -3.44. The van der Waals surface area contributed by atoms with E-state index in [0.717, 1.165) is 27.2 Å². The third kappa shape index (κ3) is 4.10. The van der Waals surface area contributed by atoms with Crippen LogP contribution in [0.2, 0.25) is 0 Å². The molecule has 138 valence electrons. The number of ether oxygens (including phenoxy) is 1. The van der Waals surface area contributed by atoms with Crippen LogP contribution in [-0.2, 0) is 4.79 Å². The van der Waals surface area contributed by atoms with Crippen LogP contribution in [0.5, 0.6) is 5.75 Å². The molecule has 0 saturated heterocycles. The zero-order valence-corrected chi connectivity index (χ0v) is 15.8. The van der Waals surface area contributed by atoms with Gasteiger partial charge >= 0.3 is 0 Å². The molecule has 0 spiro atoms. The summed E-state index contributed by atoms with van der Waals surface area (Å²) in [5, 5.41) is 10.3. The molecule has 28 heavy (non-hydrogen) atoms. The van der Waals surface area contributed by atoms with Gasteiger partial charge in [-0.3, -0.25) is 10.1 Å². The molecule has 0 atom stereocenters. The first-order valence-corrected chi connectivity index (χ1v) is 9.30. The van der Waals surface area contributed by atoms with Gasteiger partial charge in [-0.2, -0.15) is 0 Å². The Labute approximate surface area is 168 Å². The van der Waals surface area contributed by atoms with E-state index in [-0.39, 0.29) is 17.6 Å². The van der Waals surface area contributed by atoms with Gasteiger partial charge in [-0.15, -0.1) is 0 Å². The van der Waals surface area contributed by atoms with Crippen LogP contribution >= 0.6 is 12.2 Å². The van der Waals surface area contributed by atoms with E-state index in [4.69, 9.17) is 17.0 Å².